The Kier molecular flexibility index (Phi) is 12.5. The maximum atomic E-state index is 15.1. The summed E-state index contributed by atoms with van der Waals surface area (Å²) in [5.41, 5.74) is 10.00. The summed E-state index contributed by atoms with van der Waals surface area (Å²) in [5.74, 6) is -0.0852. The van der Waals surface area contributed by atoms with Crippen LogP contribution in [0.1, 0.15) is 36.1 Å². The van der Waals surface area contributed by atoms with Gasteiger partial charge >= 0.3 is 19.5 Å². The number of aliphatic hydroxyl groups is 2. The highest BCUT2D eigenvalue weighted by Crippen LogP contribution is 2.37. The first-order chi connectivity index (χ1) is 26.4. The maximum absolute atomic E-state index is 15.1. The summed E-state index contributed by atoms with van der Waals surface area (Å²) in [5, 5.41) is 34.2. The monoisotopic (exact) mass is 770 g/mol. The van der Waals surface area contributed by atoms with Crippen LogP contribution < -0.4 is 15.6 Å². The lowest BCUT2D eigenvalue weighted by molar-refractivity contribution is -0.144. The first kappa shape index (κ1) is 39.5. The molecule has 7 N–H and O–H groups in total. The summed E-state index contributed by atoms with van der Waals surface area (Å²) in [7, 11) is -4.13. The molecule has 15 heteroatoms. The van der Waals surface area contributed by atoms with Gasteiger partial charge in [-0.25, -0.2) is 9.88 Å². The first-order valence-corrected chi connectivity index (χ1v) is 20.0. The number of hydrogen-bond acceptors (Lipinski definition) is 9. The van der Waals surface area contributed by atoms with Crippen LogP contribution in [0.4, 0.5) is 10.6 Å². The smallest absolute Gasteiger partial charge is 0.323 e. The molecule has 290 valence electrons. The number of aromatic amines is 1. The SMILES string of the molecule is CCOC(=O)[C@H](C)NP(=O)(O)COc1cccc(CN2C(=O)N(Cc3ccc4[nH]nc(N)c4c3)[C@H](Cc3ccccc3)[C@H](O)[C@@H](O)[C@H]2Cc2ccccc2)c1. The number of fused-ring (bicyclic) bond motifs is 1. The van der Waals surface area contributed by atoms with E-state index in [-0.39, 0.29) is 38.3 Å². The van der Waals surface area contributed by atoms with Gasteiger partial charge in [0.15, 0.2) is 12.2 Å². The van der Waals surface area contributed by atoms with Gasteiger partial charge in [-0.2, -0.15) is 5.10 Å². The predicted molar refractivity (Wildman–Crippen MR) is 208 cm³/mol. The molecule has 1 aliphatic heterocycles. The number of urea groups is 1. The summed E-state index contributed by atoms with van der Waals surface area (Å²) < 4.78 is 23.5. The minimum Gasteiger partial charge on any atom is -0.482 e. The zero-order valence-electron chi connectivity index (χ0n) is 30.7. The Bertz CT molecular complexity index is 2120. The summed E-state index contributed by atoms with van der Waals surface area (Å²) >= 11 is 0. The number of ether oxygens (including phenoxy) is 2. The number of benzene rings is 4. The number of aliphatic hydroxyl groups excluding tert-OH is 2. The molecule has 1 unspecified atom stereocenters. The Morgan fingerprint density at radius 1 is 0.873 bits per heavy atom. The van der Waals surface area contributed by atoms with Crippen molar-refractivity contribution >= 4 is 36.2 Å². The molecule has 1 saturated heterocycles. The zero-order valence-corrected chi connectivity index (χ0v) is 31.6. The summed E-state index contributed by atoms with van der Waals surface area (Å²) in [6.45, 7) is 3.31. The third-order valence-corrected chi connectivity index (χ3v) is 11.0. The molecule has 0 bridgehead atoms. The number of nitrogens with two attached hydrogens (primary N) is 1. The number of nitrogens with one attached hydrogen (secondary N) is 2. The summed E-state index contributed by atoms with van der Waals surface area (Å²) in [6, 6.07) is 28.2. The first-order valence-electron chi connectivity index (χ1n) is 18.1. The molecular formula is C40H47N6O8P. The highest BCUT2D eigenvalue weighted by molar-refractivity contribution is 7.55. The lowest BCUT2D eigenvalue weighted by Crippen LogP contribution is -2.50. The minimum absolute atomic E-state index is 0.00844. The van der Waals surface area contributed by atoms with E-state index in [9.17, 15) is 24.5 Å². The zero-order chi connectivity index (χ0) is 39.1. The number of carbonyl (C=O) groups is 2. The van der Waals surface area contributed by atoms with Gasteiger partial charge in [-0.05, 0) is 73.2 Å². The summed E-state index contributed by atoms with van der Waals surface area (Å²) in [6.07, 6.45) is -2.78. The maximum Gasteiger partial charge on any atom is 0.323 e. The number of H-pyrrole nitrogens is 1. The fraction of sp³-hybridized carbons (Fsp3) is 0.325. The molecule has 2 amide bonds. The lowest BCUT2D eigenvalue weighted by atomic mass is 9.91. The molecule has 0 radical (unpaired) electrons. The molecule has 0 spiro atoms. The van der Waals surface area contributed by atoms with E-state index in [0.717, 1.165) is 22.2 Å². The van der Waals surface area contributed by atoms with E-state index in [1.54, 1.807) is 41.0 Å². The van der Waals surface area contributed by atoms with Crippen molar-refractivity contribution in [2.24, 2.45) is 0 Å². The minimum atomic E-state index is -4.13. The van der Waals surface area contributed by atoms with E-state index in [0.29, 0.717) is 16.8 Å². The second-order valence-corrected chi connectivity index (χ2v) is 15.7. The molecule has 6 rings (SSSR count). The Morgan fingerprint density at radius 2 is 1.44 bits per heavy atom. The molecular weight excluding hydrogens is 723 g/mol. The Labute approximate surface area is 319 Å². The molecule has 4 aromatic carbocycles. The fourth-order valence-electron chi connectivity index (χ4n) is 6.94. The second kappa shape index (κ2) is 17.5. The third-order valence-electron chi connectivity index (χ3n) is 9.71. The molecule has 0 aliphatic carbocycles. The number of nitrogens with zero attached hydrogens (tertiary/aromatic N) is 3. The van der Waals surface area contributed by atoms with E-state index >= 15 is 4.79 Å². The van der Waals surface area contributed by atoms with E-state index in [1.807, 2.05) is 78.9 Å². The van der Waals surface area contributed by atoms with Gasteiger partial charge in [-0.15, -0.1) is 0 Å². The standard InChI is InChI=1S/C40H47N6O8P/c1-3-53-39(49)26(2)44-55(51,52)25-54-31-16-10-15-29(19-31)23-45-34(21-27-11-6-4-7-12-27)36(47)37(48)35(22-28-13-8-5-9-14-28)46(40(45)50)24-30-17-18-33-32(20-30)38(41)43-42-33/h4-20,26,34-37,47-48H,3,21-25H2,1-2H3,(H3,41,42,43)(H2,44,51,52)/t26-,34+,35+,36-,37-/m0/s1. The van der Waals surface area contributed by atoms with Crippen molar-refractivity contribution in [3.63, 3.8) is 0 Å². The number of esters is 1. The number of aromatic nitrogens is 2. The van der Waals surface area contributed by atoms with Crippen molar-refractivity contribution in [2.75, 3.05) is 18.7 Å². The van der Waals surface area contributed by atoms with Crippen LogP contribution >= 0.6 is 7.52 Å². The number of nitrogen functional groups attached to an aromatic ring is 1. The molecule has 1 fully saturated rings. The van der Waals surface area contributed by atoms with Crippen LogP contribution in [0, 0.1) is 0 Å². The van der Waals surface area contributed by atoms with Crippen molar-refractivity contribution in [3.8, 4) is 5.75 Å². The Morgan fingerprint density at radius 3 is 2.02 bits per heavy atom. The molecule has 1 aromatic heterocycles. The molecule has 1 aliphatic rings. The average molecular weight is 771 g/mol. The van der Waals surface area contributed by atoms with Crippen LogP contribution in [0.15, 0.2) is 103 Å². The topological polar surface area (TPSA) is 204 Å². The van der Waals surface area contributed by atoms with Gasteiger partial charge in [-0.1, -0.05) is 78.9 Å². The quantitative estimate of drug-likeness (QED) is 0.0642. The van der Waals surface area contributed by atoms with E-state index in [2.05, 4.69) is 15.3 Å². The van der Waals surface area contributed by atoms with E-state index in [4.69, 9.17) is 15.2 Å². The predicted octanol–water partition coefficient (Wildman–Crippen LogP) is 4.59. The average Bonchev–Trinajstić information content (AvgIpc) is 3.53. The molecule has 6 atom stereocenters. The summed E-state index contributed by atoms with van der Waals surface area (Å²) in [4.78, 5) is 40.8. The number of hydrogen-bond donors (Lipinski definition) is 6. The van der Waals surface area contributed by atoms with Crippen LogP contribution in [0.5, 0.6) is 5.75 Å². The van der Waals surface area contributed by atoms with Gasteiger partial charge in [-0.3, -0.25) is 14.5 Å². The largest absolute Gasteiger partial charge is 0.482 e. The van der Waals surface area contributed by atoms with Crippen molar-refractivity contribution in [3.05, 3.63) is 125 Å². The number of amides is 2. The van der Waals surface area contributed by atoms with Crippen LogP contribution in [0.3, 0.4) is 0 Å². The van der Waals surface area contributed by atoms with Gasteiger partial charge in [0.2, 0.25) is 0 Å². The molecule has 14 nitrogen and oxygen atoms in total. The molecule has 2 heterocycles. The van der Waals surface area contributed by atoms with Gasteiger partial charge in [0.25, 0.3) is 0 Å². The highest BCUT2D eigenvalue weighted by atomic mass is 31.2. The van der Waals surface area contributed by atoms with Gasteiger partial charge in [0.05, 0.1) is 24.2 Å². The van der Waals surface area contributed by atoms with Crippen LogP contribution in [0.25, 0.3) is 10.9 Å². The molecule has 5 aromatic rings. The number of anilines is 1. The third kappa shape index (κ3) is 9.71. The molecule has 55 heavy (non-hydrogen) atoms. The van der Waals surface area contributed by atoms with E-state index < -0.39 is 56.2 Å². The Balaban J connectivity index is 1.33. The normalized spacial score (nSPS) is 20.5. The molecule has 0 saturated carbocycles. The number of carbonyl (C=O) groups excluding carboxylic acids is 2. The lowest BCUT2D eigenvalue weighted by Gasteiger charge is -2.36. The second-order valence-electron chi connectivity index (χ2n) is 13.7. The van der Waals surface area contributed by atoms with Crippen LogP contribution in [-0.2, 0) is 40.0 Å². The van der Waals surface area contributed by atoms with Crippen LogP contribution in [-0.4, -0.2) is 90.4 Å². The van der Waals surface area contributed by atoms with Crippen molar-refractivity contribution < 1.29 is 38.7 Å². The van der Waals surface area contributed by atoms with Crippen molar-refractivity contribution in [1.82, 2.24) is 25.1 Å². The van der Waals surface area contributed by atoms with Gasteiger partial charge in [0.1, 0.15) is 24.0 Å². The van der Waals surface area contributed by atoms with Crippen molar-refractivity contribution in [2.45, 2.75) is 70.1 Å². The van der Waals surface area contributed by atoms with Gasteiger partial charge in [0, 0.05) is 18.5 Å². The van der Waals surface area contributed by atoms with E-state index in [1.165, 1.54) is 6.92 Å². The fourth-order valence-corrected chi connectivity index (χ4v) is 8.05. The highest BCUT2D eigenvalue weighted by Gasteiger charge is 2.46. The van der Waals surface area contributed by atoms with Gasteiger partial charge < -0.3 is 40.1 Å². The van der Waals surface area contributed by atoms with Crippen LogP contribution in [0.2, 0.25) is 0 Å². The van der Waals surface area contributed by atoms with Crippen molar-refractivity contribution in [1.29, 1.82) is 0 Å². The number of rotatable bonds is 15. The Hall–Kier alpha value is -5.24.